The Bertz CT molecular complexity index is 1160. The molecule has 0 aliphatic heterocycles. The van der Waals surface area contributed by atoms with E-state index in [1.807, 2.05) is 42.8 Å². The highest BCUT2D eigenvalue weighted by Gasteiger charge is 2.15. The van der Waals surface area contributed by atoms with Crippen LogP contribution in [0, 0.1) is 6.92 Å². The molecule has 1 amide bonds. The summed E-state index contributed by atoms with van der Waals surface area (Å²) in [7, 11) is -3.74. The van der Waals surface area contributed by atoms with Crippen molar-refractivity contribution in [2.75, 3.05) is 5.75 Å². The molecule has 3 N–H and O–H groups in total. The SMILES string of the molecule is Cc1c(Cl)cccc1-n1ccnc1SCC(=O)NC(C)c1ccc(S(N)(=O)=O)cc1. The number of hydrogen-bond acceptors (Lipinski definition) is 5. The van der Waals surface area contributed by atoms with Crippen molar-refractivity contribution in [2.24, 2.45) is 5.14 Å². The van der Waals surface area contributed by atoms with Crippen molar-refractivity contribution < 1.29 is 13.2 Å². The van der Waals surface area contributed by atoms with Crippen LogP contribution in [0.25, 0.3) is 5.69 Å². The number of hydrogen-bond donors (Lipinski definition) is 2. The second kappa shape index (κ2) is 9.22. The standard InChI is InChI=1S/C20H21ClN4O3S2/c1-13-17(21)4-3-5-18(13)25-11-10-23-20(25)29-12-19(26)24-14(2)15-6-8-16(9-7-15)30(22,27)28/h3-11,14H,12H2,1-2H3,(H,24,26)(H2,22,27,28). The molecule has 1 heterocycles. The van der Waals surface area contributed by atoms with Crippen LogP contribution < -0.4 is 10.5 Å². The van der Waals surface area contributed by atoms with Gasteiger partial charge >= 0.3 is 0 Å². The second-order valence-electron chi connectivity index (χ2n) is 6.66. The van der Waals surface area contributed by atoms with E-state index in [-0.39, 0.29) is 22.6 Å². The maximum atomic E-state index is 12.4. The van der Waals surface area contributed by atoms with Gasteiger partial charge in [-0.05, 0) is 49.2 Å². The number of nitrogens with zero attached hydrogens (tertiary/aromatic N) is 2. The maximum Gasteiger partial charge on any atom is 0.238 e. The highest BCUT2D eigenvalue weighted by Crippen LogP contribution is 2.26. The third-order valence-corrected chi connectivity index (χ3v) is 6.83. The van der Waals surface area contributed by atoms with Crippen LogP contribution in [0.2, 0.25) is 5.02 Å². The van der Waals surface area contributed by atoms with Gasteiger partial charge in [-0.15, -0.1) is 0 Å². The van der Waals surface area contributed by atoms with E-state index in [0.29, 0.717) is 10.2 Å². The lowest BCUT2D eigenvalue weighted by molar-refractivity contribution is -0.119. The molecule has 0 spiro atoms. The van der Waals surface area contributed by atoms with Crippen molar-refractivity contribution in [1.82, 2.24) is 14.9 Å². The smallest absolute Gasteiger partial charge is 0.238 e. The van der Waals surface area contributed by atoms with E-state index in [0.717, 1.165) is 16.8 Å². The number of amides is 1. The summed E-state index contributed by atoms with van der Waals surface area (Å²) < 4.78 is 24.6. The van der Waals surface area contributed by atoms with Gasteiger partial charge in [-0.3, -0.25) is 9.36 Å². The van der Waals surface area contributed by atoms with Crippen molar-refractivity contribution in [1.29, 1.82) is 0 Å². The Morgan fingerprint density at radius 1 is 1.27 bits per heavy atom. The molecule has 0 saturated carbocycles. The molecule has 3 rings (SSSR count). The van der Waals surface area contributed by atoms with E-state index >= 15 is 0 Å². The number of nitrogens with one attached hydrogen (secondary N) is 1. The minimum absolute atomic E-state index is 0.0310. The molecule has 158 valence electrons. The molecular formula is C20H21ClN4O3S2. The van der Waals surface area contributed by atoms with Crippen LogP contribution in [-0.2, 0) is 14.8 Å². The largest absolute Gasteiger partial charge is 0.349 e. The number of benzene rings is 2. The van der Waals surface area contributed by atoms with E-state index in [2.05, 4.69) is 10.3 Å². The average Bonchev–Trinajstić information content (AvgIpc) is 3.16. The first-order chi connectivity index (χ1) is 14.2. The summed E-state index contributed by atoms with van der Waals surface area (Å²) in [5, 5.41) is 9.35. The third kappa shape index (κ3) is 5.23. The van der Waals surface area contributed by atoms with Gasteiger partial charge in [0.25, 0.3) is 0 Å². The van der Waals surface area contributed by atoms with Gasteiger partial charge in [0, 0.05) is 17.4 Å². The van der Waals surface area contributed by atoms with E-state index in [1.54, 1.807) is 18.3 Å². The molecular weight excluding hydrogens is 444 g/mol. The summed E-state index contributed by atoms with van der Waals surface area (Å²) in [6.07, 6.45) is 3.50. The van der Waals surface area contributed by atoms with Gasteiger partial charge in [0.2, 0.25) is 15.9 Å². The molecule has 0 aliphatic rings. The summed E-state index contributed by atoms with van der Waals surface area (Å²) in [5.41, 5.74) is 2.61. The number of imidazole rings is 1. The van der Waals surface area contributed by atoms with Gasteiger partial charge in [-0.2, -0.15) is 0 Å². The second-order valence-corrected chi connectivity index (χ2v) is 9.57. The molecule has 3 aromatic rings. The van der Waals surface area contributed by atoms with Crippen LogP contribution in [0.15, 0.2) is 64.9 Å². The molecule has 30 heavy (non-hydrogen) atoms. The van der Waals surface area contributed by atoms with Gasteiger partial charge in [-0.1, -0.05) is 41.6 Å². The Morgan fingerprint density at radius 2 is 1.97 bits per heavy atom. The number of thioether (sulfide) groups is 1. The zero-order valence-corrected chi connectivity index (χ0v) is 18.8. The highest BCUT2D eigenvalue weighted by molar-refractivity contribution is 7.99. The van der Waals surface area contributed by atoms with Crippen LogP contribution in [0.4, 0.5) is 0 Å². The minimum Gasteiger partial charge on any atom is -0.349 e. The van der Waals surface area contributed by atoms with Crippen molar-refractivity contribution in [3.63, 3.8) is 0 Å². The van der Waals surface area contributed by atoms with Crippen LogP contribution in [0.1, 0.15) is 24.1 Å². The normalized spacial score (nSPS) is 12.5. The number of primary sulfonamides is 1. The monoisotopic (exact) mass is 464 g/mol. The first kappa shape index (κ1) is 22.4. The Hall–Kier alpha value is -2.33. The van der Waals surface area contributed by atoms with Gasteiger partial charge in [0.15, 0.2) is 5.16 Å². The van der Waals surface area contributed by atoms with Crippen LogP contribution in [-0.4, -0.2) is 29.6 Å². The number of sulfonamides is 1. The number of nitrogens with two attached hydrogens (primary N) is 1. The fourth-order valence-electron chi connectivity index (χ4n) is 2.88. The summed E-state index contributed by atoms with van der Waals surface area (Å²) in [6.45, 7) is 3.76. The minimum atomic E-state index is -3.74. The Balaban J connectivity index is 1.63. The molecule has 10 heteroatoms. The fourth-order valence-corrected chi connectivity index (χ4v) is 4.34. The molecule has 0 saturated heterocycles. The van der Waals surface area contributed by atoms with Gasteiger partial charge in [-0.25, -0.2) is 18.5 Å². The molecule has 0 radical (unpaired) electrons. The van der Waals surface area contributed by atoms with E-state index < -0.39 is 10.0 Å². The summed E-state index contributed by atoms with van der Waals surface area (Å²) in [4.78, 5) is 16.8. The van der Waals surface area contributed by atoms with E-state index in [1.165, 1.54) is 23.9 Å². The molecule has 1 atom stereocenters. The Morgan fingerprint density at radius 3 is 2.63 bits per heavy atom. The highest BCUT2D eigenvalue weighted by atomic mass is 35.5. The maximum absolute atomic E-state index is 12.4. The van der Waals surface area contributed by atoms with Gasteiger partial charge in [0.05, 0.1) is 22.4 Å². The van der Waals surface area contributed by atoms with Crippen molar-refractivity contribution in [3.8, 4) is 5.69 Å². The van der Waals surface area contributed by atoms with Crippen molar-refractivity contribution in [3.05, 3.63) is 71.0 Å². The number of halogens is 1. The van der Waals surface area contributed by atoms with Gasteiger partial charge in [0.1, 0.15) is 0 Å². The number of rotatable bonds is 7. The topological polar surface area (TPSA) is 107 Å². The first-order valence-corrected chi connectivity index (χ1v) is 11.9. The average molecular weight is 465 g/mol. The molecule has 0 aliphatic carbocycles. The third-order valence-electron chi connectivity index (χ3n) is 4.52. The fraction of sp³-hybridized carbons (Fsp3) is 0.200. The van der Waals surface area contributed by atoms with Crippen LogP contribution in [0.5, 0.6) is 0 Å². The van der Waals surface area contributed by atoms with E-state index in [9.17, 15) is 13.2 Å². The summed E-state index contributed by atoms with van der Waals surface area (Å²) in [6, 6.07) is 11.5. The number of carbonyl (C=O) groups excluding carboxylic acids is 1. The predicted octanol–water partition coefficient (Wildman–Crippen LogP) is 3.45. The lowest BCUT2D eigenvalue weighted by Crippen LogP contribution is -2.28. The molecule has 0 bridgehead atoms. The summed E-state index contributed by atoms with van der Waals surface area (Å²) in [5.74, 6) is 0.0105. The quantitative estimate of drug-likeness (QED) is 0.521. The zero-order chi connectivity index (χ0) is 21.9. The van der Waals surface area contributed by atoms with Crippen LogP contribution >= 0.6 is 23.4 Å². The van der Waals surface area contributed by atoms with Crippen molar-refractivity contribution in [2.45, 2.75) is 29.9 Å². The van der Waals surface area contributed by atoms with Crippen LogP contribution in [0.3, 0.4) is 0 Å². The zero-order valence-electron chi connectivity index (χ0n) is 16.4. The first-order valence-electron chi connectivity index (χ1n) is 9.00. The lowest BCUT2D eigenvalue weighted by Gasteiger charge is -2.15. The lowest BCUT2D eigenvalue weighted by atomic mass is 10.1. The molecule has 0 fully saturated rings. The van der Waals surface area contributed by atoms with Crippen molar-refractivity contribution >= 4 is 39.3 Å². The van der Waals surface area contributed by atoms with E-state index in [4.69, 9.17) is 16.7 Å². The molecule has 7 nitrogen and oxygen atoms in total. The Labute approximate surface area is 184 Å². The predicted molar refractivity (Wildman–Crippen MR) is 118 cm³/mol. The molecule has 1 unspecified atom stereocenters. The van der Waals surface area contributed by atoms with Gasteiger partial charge < -0.3 is 5.32 Å². The summed E-state index contributed by atoms with van der Waals surface area (Å²) >= 11 is 7.53. The molecule has 2 aromatic carbocycles. The molecule has 1 aromatic heterocycles. The number of carbonyl (C=O) groups is 1. The Kier molecular flexibility index (Phi) is 6.87. The number of aromatic nitrogens is 2.